The molecule has 0 aromatic carbocycles. The Bertz CT molecular complexity index is 938. The molecule has 7 N–H and O–H groups in total. The predicted octanol–water partition coefficient (Wildman–Crippen LogP) is -1.79. The monoisotopic (exact) mass is 558 g/mol. The van der Waals surface area contributed by atoms with Crippen molar-refractivity contribution < 1.29 is 58.9 Å². The number of unbranched alkanes of at least 4 members (excludes halogenated alkanes) is 1. The van der Waals surface area contributed by atoms with Crippen molar-refractivity contribution in [2.24, 2.45) is 17.6 Å². The molecule has 0 aromatic rings. The van der Waals surface area contributed by atoms with E-state index in [-0.39, 0.29) is 19.1 Å². The van der Waals surface area contributed by atoms with Crippen LogP contribution < -0.4 is 5.73 Å². The fraction of sp³-hybridized carbons (Fsp3) is 0.720. The molecule has 0 amide bonds. The van der Waals surface area contributed by atoms with Gasteiger partial charge in [0.25, 0.3) is 0 Å². The van der Waals surface area contributed by atoms with Crippen molar-refractivity contribution in [1.29, 1.82) is 0 Å². The smallest absolute Gasteiger partial charge is 0.335 e. The van der Waals surface area contributed by atoms with E-state index in [9.17, 15) is 34.8 Å². The fourth-order valence-corrected chi connectivity index (χ4v) is 5.01. The van der Waals surface area contributed by atoms with Crippen molar-refractivity contribution in [3.8, 4) is 0 Å². The van der Waals surface area contributed by atoms with E-state index in [4.69, 9.17) is 29.8 Å². The van der Waals surface area contributed by atoms with E-state index in [1.165, 1.54) is 7.11 Å². The van der Waals surface area contributed by atoms with E-state index in [0.717, 1.165) is 5.57 Å². The second-order valence-corrected chi connectivity index (χ2v) is 9.80. The van der Waals surface area contributed by atoms with Crippen LogP contribution in [-0.2, 0) is 33.3 Å². The summed E-state index contributed by atoms with van der Waals surface area (Å²) in [5, 5.41) is 47.9. The van der Waals surface area contributed by atoms with Crippen LogP contribution in [0.4, 0.5) is 0 Å². The summed E-state index contributed by atoms with van der Waals surface area (Å²) in [6.45, 7) is -0.471. The van der Waals surface area contributed by atoms with Crippen LogP contribution in [0.3, 0.4) is 0 Å². The molecule has 0 spiro atoms. The van der Waals surface area contributed by atoms with Gasteiger partial charge in [0.2, 0.25) is 0 Å². The molecule has 1 saturated heterocycles. The molecule has 2 heterocycles. The van der Waals surface area contributed by atoms with Crippen LogP contribution in [0.25, 0.3) is 0 Å². The van der Waals surface area contributed by atoms with Gasteiger partial charge in [0.05, 0.1) is 31.8 Å². The van der Waals surface area contributed by atoms with Gasteiger partial charge in [-0.3, -0.25) is 9.59 Å². The van der Waals surface area contributed by atoms with Crippen molar-refractivity contribution in [3.63, 3.8) is 0 Å². The number of aliphatic carboxylic acids is 1. The summed E-state index contributed by atoms with van der Waals surface area (Å²) >= 11 is 0. The minimum absolute atomic E-state index is 0.179. The van der Waals surface area contributed by atoms with Gasteiger partial charge in [-0.05, 0) is 37.7 Å². The molecule has 8 atom stereocenters. The number of nitrogens with two attached hydrogens (primary N) is 1. The first-order chi connectivity index (χ1) is 18.6. The molecule has 3 rings (SSSR count). The Labute approximate surface area is 225 Å². The average molecular weight is 559 g/mol. The quantitative estimate of drug-likeness (QED) is 0.109. The Balaban J connectivity index is 1.55. The molecule has 7 unspecified atom stereocenters. The van der Waals surface area contributed by atoms with Gasteiger partial charge in [-0.1, -0.05) is 0 Å². The molecule has 1 saturated carbocycles. The van der Waals surface area contributed by atoms with E-state index in [1.807, 2.05) is 6.20 Å². The van der Waals surface area contributed by atoms with Crippen molar-refractivity contribution >= 4 is 17.9 Å². The molecule has 2 aliphatic heterocycles. The summed E-state index contributed by atoms with van der Waals surface area (Å²) in [5.74, 6) is -2.96. The summed E-state index contributed by atoms with van der Waals surface area (Å²) in [6.07, 6.45) is -1.07. The highest BCUT2D eigenvalue weighted by Crippen LogP contribution is 2.44. The molecule has 2 fully saturated rings. The molecule has 0 radical (unpaired) electrons. The zero-order valence-corrected chi connectivity index (χ0v) is 21.8. The number of nitrogens with zero attached hydrogens (tertiary/aromatic N) is 1. The molecule has 14 nitrogen and oxygen atoms in total. The van der Waals surface area contributed by atoms with Crippen LogP contribution >= 0.6 is 0 Å². The van der Waals surface area contributed by atoms with Gasteiger partial charge in [-0.15, -0.1) is 0 Å². The largest absolute Gasteiger partial charge is 0.480 e. The van der Waals surface area contributed by atoms with Crippen molar-refractivity contribution in [3.05, 3.63) is 23.5 Å². The van der Waals surface area contributed by atoms with Crippen LogP contribution in [0.5, 0.6) is 0 Å². The summed E-state index contributed by atoms with van der Waals surface area (Å²) < 4.78 is 20.9. The number of fused-ring (bicyclic) bond motifs is 1. The van der Waals surface area contributed by atoms with Gasteiger partial charge >= 0.3 is 17.9 Å². The topological polar surface area (TPSA) is 219 Å². The zero-order valence-electron chi connectivity index (χ0n) is 21.8. The Morgan fingerprint density at radius 2 is 1.85 bits per heavy atom. The third-order valence-electron chi connectivity index (χ3n) is 7.21. The molecule has 39 heavy (non-hydrogen) atoms. The van der Waals surface area contributed by atoms with Crippen LogP contribution in [-0.4, -0.2) is 119 Å². The van der Waals surface area contributed by atoms with Gasteiger partial charge < -0.3 is 55.1 Å². The number of carbonyl (C=O) groups is 3. The SMILES string of the molecule is COC(=O)C1=CN(CCCC[C@H](N)C(=O)O)C=C2C(C(=O)OCCOC3OC(CO)C(O)C(O)C3O)CCC12. The maximum absolute atomic E-state index is 12.9. The summed E-state index contributed by atoms with van der Waals surface area (Å²) in [4.78, 5) is 38.1. The third-order valence-corrected chi connectivity index (χ3v) is 7.21. The van der Waals surface area contributed by atoms with E-state index in [0.29, 0.717) is 44.2 Å². The number of hydrogen-bond donors (Lipinski definition) is 6. The van der Waals surface area contributed by atoms with Crippen molar-refractivity contribution in [1.82, 2.24) is 4.90 Å². The summed E-state index contributed by atoms with van der Waals surface area (Å²) in [5.41, 5.74) is 6.70. The highest BCUT2D eigenvalue weighted by atomic mass is 16.7. The first kappa shape index (κ1) is 30.9. The minimum atomic E-state index is -1.58. The van der Waals surface area contributed by atoms with Crippen molar-refractivity contribution in [2.45, 2.75) is 68.9 Å². The highest BCUT2D eigenvalue weighted by Gasteiger charge is 2.44. The van der Waals surface area contributed by atoms with Gasteiger partial charge in [-0.2, -0.15) is 0 Å². The number of esters is 2. The summed E-state index contributed by atoms with van der Waals surface area (Å²) in [7, 11) is 1.29. The van der Waals surface area contributed by atoms with E-state index in [1.54, 1.807) is 11.1 Å². The normalized spacial score (nSPS) is 31.1. The van der Waals surface area contributed by atoms with E-state index >= 15 is 0 Å². The number of carboxylic acid groups (broad SMARTS) is 1. The minimum Gasteiger partial charge on any atom is -0.480 e. The first-order valence-electron chi connectivity index (χ1n) is 12.9. The predicted molar refractivity (Wildman–Crippen MR) is 131 cm³/mol. The number of hydrogen-bond acceptors (Lipinski definition) is 13. The highest BCUT2D eigenvalue weighted by molar-refractivity contribution is 5.91. The Morgan fingerprint density at radius 3 is 2.51 bits per heavy atom. The Hall–Kier alpha value is -2.59. The number of carbonyl (C=O) groups excluding carboxylic acids is 2. The Kier molecular flexibility index (Phi) is 11.2. The van der Waals surface area contributed by atoms with Crippen LogP contribution in [0, 0.1) is 11.8 Å². The van der Waals surface area contributed by atoms with Gasteiger partial charge in [0, 0.05) is 24.9 Å². The molecule has 0 aromatic heterocycles. The van der Waals surface area contributed by atoms with Gasteiger partial charge in [0.1, 0.15) is 37.1 Å². The number of rotatable bonds is 13. The van der Waals surface area contributed by atoms with Crippen LogP contribution in [0.15, 0.2) is 23.5 Å². The van der Waals surface area contributed by atoms with Gasteiger partial charge in [-0.25, -0.2) is 4.79 Å². The molecule has 0 bridgehead atoms. The van der Waals surface area contributed by atoms with Crippen LogP contribution in [0.2, 0.25) is 0 Å². The third kappa shape index (κ3) is 7.54. The lowest BCUT2D eigenvalue weighted by Crippen LogP contribution is -2.59. The molecular formula is C25H38N2O12. The number of ether oxygens (including phenoxy) is 4. The number of carboxylic acids is 1. The first-order valence-corrected chi connectivity index (χ1v) is 12.9. The molecular weight excluding hydrogens is 520 g/mol. The second-order valence-electron chi connectivity index (χ2n) is 9.80. The standard InChI is InChI=1S/C25H38N2O12/c1-36-23(34)16-11-27(7-3-2-4-17(26)22(32)33)10-15-13(16)5-6-14(15)24(35)37-8-9-38-25-21(31)20(30)19(29)18(12-28)39-25/h10-11,13-14,17-21,25,28-31H,2-9,12,26H2,1H3,(H,32,33)/t13?,14?,17-,18?,19?,20?,21?,25?/m0/s1. The zero-order chi connectivity index (χ0) is 28.7. The lowest BCUT2D eigenvalue weighted by molar-refractivity contribution is -0.302. The maximum Gasteiger partial charge on any atom is 0.335 e. The number of aliphatic hydroxyl groups is 4. The Morgan fingerprint density at radius 1 is 1.10 bits per heavy atom. The maximum atomic E-state index is 12.9. The number of aliphatic hydroxyl groups excluding tert-OH is 4. The lowest BCUT2D eigenvalue weighted by Gasteiger charge is -2.39. The molecule has 1 aliphatic carbocycles. The average Bonchev–Trinajstić information content (AvgIpc) is 3.36. The van der Waals surface area contributed by atoms with E-state index in [2.05, 4.69) is 0 Å². The number of methoxy groups -OCH3 is 1. The summed E-state index contributed by atoms with van der Waals surface area (Å²) in [6, 6.07) is -0.936. The molecule has 3 aliphatic rings. The second kappa shape index (κ2) is 14.2. The lowest BCUT2D eigenvalue weighted by atomic mass is 9.89. The molecule has 220 valence electrons. The van der Waals surface area contributed by atoms with E-state index < -0.39 is 67.2 Å². The molecule has 14 heteroatoms. The van der Waals surface area contributed by atoms with Gasteiger partial charge in [0.15, 0.2) is 6.29 Å². The van der Waals surface area contributed by atoms with Crippen LogP contribution in [0.1, 0.15) is 32.1 Å². The fourth-order valence-electron chi connectivity index (χ4n) is 5.01. The van der Waals surface area contributed by atoms with Crippen molar-refractivity contribution in [2.75, 3.05) is 33.5 Å².